The quantitative estimate of drug-likeness (QED) is 0.634. The van der Waals surface area contributed by atoms with Crippen LogP contribution in [0.5, 0.6) is 5.75 Å². The molecule has 1 aromatic carbocycles. The van der Waals surface area contributed by atoms with E-state index >= 15 is 0 Å². The third kappa shape index (κ3) is 6.29. The average Bonchev–Trinajstić information content (AvgIpc) is 3.10. The summed E-state index contributed by atoms with van der Waals surface area (Å²) in [5.74, 6) is 1.88. The molecule has 2 heterocycles. The molecule has 3 rings (SSSR count). The van der Waals surface area contributed by atoms with Crippen molar-refractivity contribution in [1.29, 1.82) is 0 Å². The minimum absolute atomic E-state index is 0.0191. The van der Waals surface area contributed by atoms with Crippen LogP contribution in [0.25, 0.3) is 11.5 Å². The van der Waals surface area contributed by atoms with Crippen LogP contribution in [0.1, 0.15) is 38.5 Å². The van der Waals surface area contributed by atoms with Gasteiger partial charge in [-0.2, -0.15) is 0 Å². The topological polar surface area (TPSA) is 112 Å². The monoisotopic (exact) mass is 408 g/mol. The molecule has 0 radical (unpaired) electrons. The van der Waals surface area contributed by atoms with Crippen LogP contribution >= 0.6 is 0 Å². The van der Waals surface area contributed by atoms with E-state index in [1.807, 2.05) is 24.3 Å². The predicted octanol–water partition coefficient (Wildman–Crippen LogP) is 2.42. The van der Waals surface area contributed by atoms with Crippen LogP contribution in [0.4, 0.5) is 0 Å². The maximum absolute atomic E-state index is 11.3. The van der Waals surface area contributed by atoms with E-state index in [9.17, 15) is 8.42 Å². The standard InChI is InChI=1S/C19H28N4O4S/c1-2-3-11-26-17-8-6-16(7-9-17)19-22-21-18(27-19)13-23-10-4-5-15(12-23)14-28(20,24)25/h6-9,15H,2-5,10-14H2,1H3,(H2,20,24,25). The van der Waals surface area contributed by atoms with E-state index < -0.39 is 10.0 Å². The molecule has 2 aromatic rings. The molecule has 0 amide bonds. The lowest BCUT2D eigenvalue weighted by Gasteiger charge is -2.31. The number of hydrogen-bond acceptors (Lipinski definition) is 7. The molecular formula is C19H28N4O4S. The zero-order valence-corrected chi connectivity index (χ0v) is 17.0. The number of rotatable bonds is 9. The largest absolute Gasteiger partial charge is 0.494 e. The van der Waals surface area contributed by atoms with E-state index in [1.54, 1.807) is 0 Å². The molecular weight excluding hydrogens is 380 g/mol. The van der Waals surface area contributed by atoms with Gasteiger partial charge in [0.1, 0.15) is 5.75 Å². The number of unbranched alkanes of at least 4 members (excludes halogenated alkanes) is 1. The lowest BCUT2D eigenvalue weighted by atomic mass is 10.0. The number of sulfonamides is 1. The maximum atomic E-state index is 11.3. The Balaban J connectivity index is 1.56. The normalized spacial score (nSPS) is 18.3. The van der Waals surface area contributed by atoms with Crippen molar-refractivity contribution >= 4 is 10.0 Å². The first-order valence-corrected chi connectivity index (χ1v) is 11.4. The van der Waals surface area contributed by atoms with Crippen LogP contribution in [0, 0.1) is 5.92 Å². The van der Waals surface area contributed by atoms with Gasteiger partial charge in [-0.3, -0.25) is 4.90 Å². The maximum Gasteiger partial charge on any atom is 0.247 e. The first-order valence-electron chi connectivity index (χ1n) is 9.71. The van der Waals surface area contributed by atoms with Crippen LogP contribution in [-0.4, -0.2) is 49.0 Å². The van der Waals surface area contributed by atoms with E-state index in [0.29, 0.717) is 31.5 Å². The fraction of sp³-hybridized carbons (Fsp3) is 0.579. The molecule has 1 unspecified atom stereocenters. The van der Waals surface area contributed by atoms with Crippen LogP contribution < -0.4 is 9.88 Å². The van der Waals surface area contributed by atoms with Crippen LogP contribution in [0.2, 0.25) is 0 Å². The molecule has 1 aliphatic heterocycles. The van der Waals surface area contributed by atoms with Crippen molar-refractivity contribution in [3.05, 3.63) is 30.2 Å². The van der Waals surface area contributed by atoms with Crippen molar-refractivity contribution in [3.63, 3.8) is 0 Å². The lowest BCUT2D eigenvalue weighted by Crippen LogP contribution is -2.38. The Morgan fingerprint density at radius 3 is 2.79 bits per heavy atom. The fourth-order valence-electron chi connectivity index (χ4n) is 3.41. The van der Waals surface area contributed by atoms with Gasteiger partial charge >= 0.3 is 0 Å². The van der Waals surface area contributed by atoms with E-state index in [2.05, 4.69) is 22.0 Å². The fourth-order valence-corrected chi connectivity index (χ4v) is 4.34. The summed E-state index contributed by atoms with van der Waals surface area (Å²) in [6, 6.07) is 7.61. The second-order valence-electron chi connectivity index (χ2n) is 7.30. The number of ether oxygens (including phenoxy) is 1. The molecule has 1 aliphatic rings. The van der Waals surface area contributed by atoms with Gasteiger partial charge in [-0.15, -0.1) is 10.2 Å². The van der Waals surface area contributed by atoms with Gasteiger partial charge in [-0.05, 0) is 56.0 Å². The Hall–Kier alpha value is -1.97. The zero-order chi connectivity index (χ0) is 20.0. The highest BCUT2D eigenvalue weighted by atomic mass is 32.2. The second kappa shape index (κ2) is 9.49. The summed E-state index contributed by atoms with van der Waals surface area (Å²) in [7, 11) is -3.45. The van der Waals surface area contributed by atoms with Gasteiger partial charge in [0.2, 0.25) is 21.8 Å². The third-order valence-corrected chi connectivity index (χ3v) is 5.70. The predicted molar refractivity (Wildman–Crippen MR) is 106 cm³/mol. The number of nitrogens with two attached hydrogens (primary N) is 1. The first kappa shape index (κ1) is 20.8. The molecule has 0 spiro atoms. The number of aromatic nitrogens is 2. The van der Waals surface area contributed by atoms with Gasteiger partial charge in [0.25, 0.3) is 0 Å². The molecule has 8 nitrogen and oxygen atoms in total. The van der Waals surface area contributed by atoms with Crippen molar-refractivity contribution in [2.45, 2.75) is 39.2 Å². The summed E-state index contributed by atoms with van der Waals surface area (Å²) in [5.41, 5.74) is 0.840. The number of primary sulfonamides is 1. The highest BCUT2D eigenvalue weighted by Crippen LogP contribution is 2.23. The number of piperidine rings is 1. The minimum Gasteiger partial charge on any atom is -0.494 e. The summed E-state index contributed by atoms with van der Waals surface area (Å²) in [5, 5.41) is 13.5. The van der Waals surface area contributed by atoms with Crippen molar-refractivity contribution in [1.82, 2.24) is 15.1 Å². The van der Waals surface area contributed by atoms with Gasteiger partial charge in [0.05, 0.1) is 18.9 Å². The average molecular weight is 409 g/mol. The van der Waals surface area contributed by atoms with Gasteiger partial charge < -0.3 is 9.15 Å². The van der Waals surface area contributed by atoms with Crippen molar-refractivity contribution in [2.24, 2.45) is 11.1 Å². The van der Waals surface area contributed by atoms with Crippen molar-refractivity contribution in [3.8, 4) is 17.2 Å². The van der Waals surface area contributed by atoms with Gasteiger partial charge in [-0.1, -0.05) is 13.3 Å². The van der Waals surface area contributed by atoms with Crippen molar-refractivity contribution in [2.75, 3.05) is 25.4 Å². The highest BCUT2D eigenvalue weighted by Gasteiger charge is 2.24. The Labute approximate surface area is 166 Å². The number of benzene rings is 1. The highest BCUT2D eigenvalue weighted by molar-refractivity contribution is 7.89. The summed E-state index contributed by atoms with van der Waals surface area (Å²) in [6.07, 6.45) is 3.93. The molecule has 1 aromatic heterocycles. The van der Waals surface area contributed by atoms with Gasteiger partial charge in [0.15, 0.2) is 0 Å². The molecule has 154 valence electrons. The molecule has 28 heavy (non-hydrogen) atoms. The summed E-state index contributed by atoms with van der Waals surface area (Å²) in [6.45, 7) is 4.89. The molecule has 0 saturated carbocycles. The number of likely N-dealkylation sites (tertiary alicyclic amines) is 1. The number of hydrogen-bond donors (Lipinski definition) is 1. The zero-order valence-electron chi connectivity index (χ0n) is 16.2. The molecule has 1 saturated heterocycles. The molecule has 2 N–H and O–H groups in total. The summed E-state index contributed by atoms with van der Waals surface area (Å²) >= 11 is 0. The lowest BCUT2D eigenvalue weighted by molar-refractivity contribution is 0.164. The third-order valence-electron chi connectivity index (χ3n) is 4.76. The SMILES string of the molecule is CCCCOc1ccc(-c2nnc(CN3CCCC(CS(N)(=O)=O)C3)o2)cc1. The van der Waals surface area contributed by atoms with Crippen LogP contribution in [-0.2, 0) is 16.6 Å². The molecule has 1 fully saturated rings. The Bertz CT molecular complexity index is 851. The van der Waals surface area contributed by atoms with Gasteiger partial charge in [-0.25, -0.2) is 13.6 Å². The molecule has 9 heteroatoms. The Kier molecular flexibility index (Phi) is 7.03. The Morgan fingerprint density at radius 1 is 1.29 bits per heavy atom. The van der Waals surface area contributed by atoms with Crippen molar-refractivity contribution < 1.29 is 17.6 Å². The molecule has 1 atom stereocenters. The Morgan fingerprint density at radius 2 is 2.07 bits per heavy atom. The molecule has 0 bridgehead atoms. The second-order valence-corrected chi connectivity index (χ2v) is 8.96. The summed E-state index contributed by atoms with van der Waals surface area (Å²) < 4.78 is 34.1. The van der Waals surface area contributed by atoms with E-state index in [4.69, 9.17) is 14.3 Å². The van der Waals surface area contributed by atoms with E-state index in [1.165, 1.54) is 0 Å². The van der Waals surface area contributed by atoms with E-state index in [0.717, 1.165) is 43.5 Å². The number of nitrogens with zero attached hydrogens (tertiary/aromatic N) is 3. The molecule has 0 aliphatic carbocycles. The van der Waals surface area contributed by atoms with Crippen LogP contribution in [0.15, 0.2) is 28.7 Å². The van der Waals surface area contributed by atoms with E-state index in [-0.39, 0.29) is 11.7 Å². The first-order chi connectivity index (χ1) is 13.4. The summed E-state index contributed by atoms with van der Waals surface area (Å²) in [4.78, 5) is 2.14. The van der Waals surface area contributed by atoms with Crippen LogP contribution in [0.3, 0.4) is 0 Å². The smallest absolute Gasteiger partial charge is 0.247 e. The van der Waals surface area contributed by atoms with Gasteiger partial charge in [0, 0.05) is 12.1 Å². The minimum atomic E-state index is -3.45.